The van der Waals surface area contributed by atoms with E-state index in [-0.39, 0.29) is 30.9 Å². The van der Waals surface area contributed by atoms with Gasteiger partial charge in [0.05, 0.1) is 16.7 Å². The van der Waals surface area contributed by atoms with Gasteiger partial charge in [-0.25, -0.2) is 4.79 Å². The van der Waals surface area contributed by atoms with Crippen LogP contribution in [0.3, 0.4) is 0 Å². The number of benzene rings is 2. The van der Waals surface area contributed by atoms with Crippen LogP contribution in [-0.4, -0.2) is 38.1 Å². The average Bonchev–Trinajstić information content (AvgIpc) is 2.66. The van der Waals surface area contributed by atoms with Crippen LogP contribution in [0.5, 0.6) is 0 Å². The van der Waals surface area contributed by atoms with Crippen molar-refractivity contribution in [1.82, 2.24) is 4.90 Å². The molecule has 2 aromatic carbocycles. The largest absolute Gasteiger partial charge is 0.462 e. The SMILES string of the molecule is CN(C)CCCC(COC(=O)C=Cc1ccc(Cl)cc1)c1ccc(Cl)c(Cl)c1.Cl. The first kappa shape index (κ1) is 25.8. The Hall–Kier alpha value is -1.23. The van der Waals surface area contributed by atoms with Crippen LogP contribution in [0.15, 0.2) is 48.5 Å². The molecule has 0 aliphatic rings. The van der Waals surface area contributed by atoms with Crippen molar-refractivity contribution in [2.45, 2.75) is 18.8 Å². The lowest BCUT2D eigenvalue weighted by Crippen LogP contribution is -2.16. The molecule has 3 nitrogen and oxygen atoms in total. The molecule has 1 atom stereocenters. The predicted octanol–water partition coefficient (Wildman–Crippen LogP) is 6.75. The van der Waals surface area contributed by atoms with Crippen molar-refractivity contribution in [2.75, 3.05) is 27.2 Å². The Morgan fingerprint density at radius 2 is 1.76 bits per heavy atom. The van der Waals surface area contributed by atoms with E-state index in [1.807, 2.05) is 38.4 Å². The Kier molecular flexibility index (Phi) is 11.7. The van der Waals surface area contributed by atoms with Gasteiger partial charge >= 0.3 is 5.97 Å². The maximum atomic E-state index is 12.1. The predicted molar refractivity (Wildman–Crippen MR) is 126 cm³/mol. The molecule has 0 amide bonds. The van der Waals surface area contributed by atoms with Crippen molar-refractivity contribution in [1.29, 1.82) is 0 Å². The standard InChI is InChI=1S/C22H24Cl3NO2.ClH/c1-26(2)13-3-4-18(17-8-11-20(24)21(25)14-17)15-28-22(27)12-7-16-5-9-19(23)10-6-16;/h5-12,14,18H,3-4,13,15H2,1-2H3;1H. The fourth-order valence-electron chi connectivity index (χ4n) is 2.74. The molecule has 0 aromatic heterocycles. The summed E-state index contributed by atoms with van der Waals surface area (Å²) in [5, 5.41) is 1.67. The number of rotatable bonds is 9. The highest BCUT2D eigenvalue weighted by Crippen LogP contribution is 2.29. The van der Waals surface area contributed by atoms with Gasteiger partial charge in [0.25, 0.3) is 0 Å². The van der Waals surface area contributed by atoms with E-state index in [0.29, 0.717) is 15.1 Å². The van der Waals surface area contributed by atoms with Crippen LogP contribution in [-0.2, 0) is 9.53 Å². The number of ether oxygens (including phenoxy) is 1. The van der Waals surface area contributed by atoms with Gasteiger partial charge in [-0.15, -0.1) is 12.4 Å². The minimum absolute atomic E-state index is 0. The normalized spacial score (nSPS) is 12.1. The molecule has 29 heavy (non-hydrogen) atoms. The summed E-state index contributed by atoms with van der Waals surface area (Å²) in [6, 6.07) is 12.8. The number of carbonyl (C=O) groups excluding carboxylic acids is 1. The summed E-state index contributed by atoms with van der Waals surface area (Å²) in [5.41, 5.74) is 1.90. The second-order valence-corrected chi connectivity index (χ2v) is 8.08. The number of nitrogens with zero attached hydrogens (tertiary/aromatic N) is 1. The van der Waals surface area contributed by atoms with Crippen molar-refractivity contribution in [3.05, 3.63) is 74.7 Å². The molecule has 0 saturated carbocycles. The van der Waals surface area contributed by atoms with E-state index >= 15 is 0 Å². The number of hydrogen-bond acceptors (Lipinski definition) is 3. The second kappa shape index (κ2) is 13.1. The van der Waals surface area contributed by atoms with Gasteiger partial charge in [0.1, 0.15) is 0 Å². The van der Waals surface area contributed by atoms with Crippen molar-refractivity contribution in [3.63, 3.8) is 0 Å². The molecule has 2 rings (SSSR count). The third-order valence-electron chi connectivity index (χ3n) is 4.28. The van der Waals surface area contributed by atoms with Gasteiger partial charge in [0.2, 0.25) is 0 Å². The first-order valence-corrected chi connectivity index (χ1v) is 10.2. The Bertz CT molecular complexity index is 807. The Labute approximate surface area is 194 Å². The summed E-state index contributed by atoms with van der Waals surface area (Å²) >= 11 is 18.1. The fourth-order valence-corrected chi connectivity index (χ4v) is 3.17. The zero-order chi connectivity index (χ0) is 20.5. The van der Waals surface area contributed by atoms with Crippen LogP contribution in [0.2, 0.25) is 15.1 Å². The number of esters is 1. The Morgan fingerprint density at radius 1 is 1.07 bits per heavy atom. The van der Waals surface area contributed by atoms with Gasteiger partial charge in [-0.2, -0.15) is 0 Å². The van der Waals surface area contributed by atoms with Gasteiger partial charge in [-0.3, -0.25) is 0 Å². The number of carbonyl (C=O) groups is 1. The smallest absolute Gasteiger partial charge is 0.330 e. The molecule has 158 valence electrons. The van der Waals surface area contributed by atoms with Crippen molar-refractivity contribution in [3.8, 4) is 0 Å². The van der Waals surface area contributed by atoms with Gasteiger partial charge in [-0.05, 0) is 75.0 Å². The molecular weight excluding hydrogens is 452 g/mol. The van der Waals surface area contributed by atoms with E-state index in [1.165, 1.54) is 6.08 Å². The van der Waals surface area contributed by atoms with Gasteiger partial charge in [-0.1, -0.05) is 53.0 Å². The van der Waals surface area contributed by atoms with Crippen LogP contribution < -0.4 is 0 Å². The van der Waals surface area contributed by atoms with Crippen LogP contribution in [0, 0.1) is 0 Å². The van der Waals surface area contributed by atoms with E-state index < -0.39 is 0 Å². The van der Waals surface area contributed by atoms with E-state index in [2.05, 4.69) is 4.90 Å². The summed E-state index contributed by atoms with van der Waals surface area (Å²) in [5.74, 6) is -0.324. The molecule has 1 unspecified atom stereocenters. The summed E-state index contributed by atoms with van der Waals surface area (Å²) in [6.45, 7) is 1.25. The highest BCUT2D eigenvalue weighted by Gasteiger charge is 2.15. The monoisotopic (exact) mass is 475 g/mol. The molecule has 2 aromatic rings. The molecule has 0 N–H and O–H groups in total. The zero-order valence-electron chi connectivity index (χ0n) is 16.4. The van der Waals surface area contributed by atoms with Crippen LogP contribution in [0.1, 0.15) is 29.9 Å². The maximum absolute atomic E-state index is 12.1. The number of hydrogen-bond donors (Lipinski definition) is 0. The Balaban J connectivity index is 0.00000420. The van der Waals surface area contributed by atoms with Crippen LogP contribution in [0.25, 0.3) is 6.08 Å². The van der Waals surface area contributed by atoms with E-state index in [0.717, 1.165) is 30.5 Å². The first-order valence-electron chi connectivity index (χ1n) is 9.05. The number of halogens is 4. The topological polar surface area (TPSA) is 29.5 Å². The lowest BCUT2D eigenvalue weighted by atomic mass is 9.95. The quantitative estimate of drug-likeness (QED) is 0.296. The summed E-state index contributed by atoms with van der Waals surface area (Å²) < 4.78 is 5.49. The van der Waals surface area contributed by atoms with E-state index in [1.54, 1.807) is 24.3 Å². The maximum Gasteiger partial charge on any atom is 0.330 e. The third-order valence-corrected chi connectivity index (χ3v) is 5.27. The highest BCUT2D eigenvalue weighted by molar-refractivity contribution is 6.42. The molecule has 7 heteroatoms. The second-order valence-electron chi connectivity index (χ2n) is 6.83. The minimum atomic E-state index is -0.382. The summed E-state index contributed by atoms with van der Waals surface area (Å²) in [6.07, 6.45) is 4.99. The molecule has 0 fully saturated rings. The molecule has 0 saturated heterocycles. The average molecular weight is 477 g/mol. The van der Waals surface area contributed by atoms with Crippen molar-refractivity contribution in [2.24, 2.45) is 0 Å². The summed E-state index contributed by atoms with van der Waals surface area (Å²) in [7, 11) is 4.07. The zero-order valence-corrected chi connectivity index (χ0v) is 19.5. The molecule has 0 spiro atoms. The van der Waals surface area contributed by atoms with Gasteiger partial charge < -0.3 is 9.64 Å². The fraction of sp³-hybridized carbons (Fsp3) is 0.318. The van der Waals surface area contributed by atoms with E-state index in [4.69, 9.17) is 39.5 Å². The van der Waals surface area contributed by atoms with Crippen molar-refractivity contribution < 1.29 is 9.53 Å². The molecular formula is C22H25Cl4NO2. The summed E-state index contributed by atoms with van der Waals surface area (Å²) in [4.78, 5) is 14.3. The molecule has 0 aliphatic heterocycles. The van der Waals surface area contributed by atoms with Gasteiger partial charge in [0.15, 0.2) is 0 Å². The third kappa shape index (κ3) is 9.41. The molecule has 0 heterocycles. The molecule has 0 aliphatic carbocycles. The molecule has 0 radical (unpaired) electrons. The van der Waals surface area contributed by atoms with Gasteiger partial charge in [0, 0.05) is 17.0 Å². The van der Waals surface area contributed by atoms with Crippen LogP contribution in [0.4, 0.5) is 0 Å². The van der Waals surface area contributed by atoms with E-state index in [9.17, 15) is 4.79 Å². The van der Waals surface area contributed by atoms with Crippen molar-refractivity contribution >= 4 is 59.3 Å². The molecule has 0 bridgehead atoms. The lowest BCUT2D eigenvalue weighted by molar-refractivity contribution is -0.138. The van der Waals surface area contributed by atoms with Crippen LogP contribution >= 0.6 is 47.2 Å². The highest BCUT2D eigenvalue weighted by atomic mass is 35.5. The Morgan fingerprint density at radius 3 is 2.38 bits per heavy atom. The lowest BCUT2D eigenvalue weighted by Gasteiger charge is -2.19. The minimum Gasteiger partial charge on any atom is -0.462 e. The first-order chi connectivity index (χ1) is 13.3.